The molecule has 3 heteroatoms. The van der Waals surface area contributed by atoms with E-state index in [1.807, 2.05) is 6.20 Å². The Morgan fingerprint density at radius 2 is 2.64 bits per heavy atom. The SMILES string of the molecule is c1csc(C2CCCNC2)n1. The minimum absolute atomic E-state index is 0.684. The molecule has 1 saturated heterocycles. The standard InChI is InChI=1S/C8H12N2S/c1-2-7(6-9-3-1)8-10-4-5-11-8/h4-5,7,9H,1-3,6H2. The molecular weight excluding hydrogens is 156 g/mol. The fourth-order valence-electron chi connectivity index (χ4n) is 1.50. The second-order valence-corrected chi connectivity index (χ2v) is 3.84. The van der Waals surface area contributed by atoms with E-state index in [9.17, 15) is 0 Å². The first-order valence-corrected chi connectivity index (χ1v) is 4.95. The molecule has 1 aliphatic heterocycles. The normalized spacial score (nSPS) is 25.3. The average Bonchev–Trinajstić information content (AvgIpc) is 2.58. The highest BCUT2D eigenvalue weighted by atomic mass is 32.1. The van der Waals surface area contributed by atoms with Crippen LogP contribution in [0.1, 0.15) is 23.8 Å². The van der Waals surface area contributed by atoms with Gasteiger partial charge in [-0.1, -0.05) is 0 Å². The van der Waals surface area contributed by atoms with Crippen LogP contribution in [0, 0.1) is 0 Å². The molecule has 2 rings (SSSR count). The van der Waals surface area contributed by atoms with Crippen LogP contribution < -0.4 is 5.32 Å². The first kappa shape index (κ1) is 7.25. The summed E-state index contributed by atoms with van der Waals surface area (Å²) in [6.45, 7) is 2.30. The van der Waals surface area contributed by atoms with Crippen LogP contribution in [0.4, 0.5) is 0 Å². The highest BCUT2D eigenvalue weighted by Crippen LogP contribution is 2.24. The van der Waals surface area contributed by atoms with E-state index in [1.165, 1.54) is 24.4 Å². The van der Waals surface area contributed by atoms with E-state index in [-0.39, 0.29) is 0 Å². The summed E-state index contributed by atoms with van der Waals surface area (Å²) in [5.74, 6) is 0.684. The van der Waals surface area contributed by atoms with Gasteiger partial charge in [0, 0.05) is 24.0 Å². The van der Waals surface area contributed by atoms with Crippen molar-refractivity contribution in [2.24, 2.45) is 0 Å². The van der Waals surface area contributed by atoms with E-state index in [0.717, 1.165) is 6.54 Å². The number of rotatable bonds is 1. The van der Waals surface area contributed by atoms with Gasteiger partial charge in [-0.3, -0.25) is 0 Å². The Hall–Kier alpha value is -0.410. The molecule has 1 unspecified atom stereocenters. The van der Waals surface area contributed by atoms with Gasteiger partial charge in [0.25, 0.3) is 0 Å². The molecular formula is C8H12N2S. The van der Waals surface area contributed by atoms with Crippen LogP contribution in [0.15, 0.2) is 11.6 Å². The molecule has 60 valence electrons. The van der Waals surface area contributed by atoms with Gasteiger partial charge in [-0.25, -0.2) is 4.98 Å². The molecule has 0 amide bonds. The molecule has 1 aromatic heterocycles. The molecule has 1 aliphatic rings. The number of hydrogen-bond acceptors (Lipinski definition) is 3. The summed E-state index contributed by atoms with van der Waals surface area (Å²) in [7, 11) is 0. The quantitative estimate of drug-likeness (QED) is 0.689. The predicted octanol–water partition coefficient (Wildman–Crippen LogP) is 1.61. The lowest BCUT2D eigenvalue weighted by atomic mass is 10.0. The molecule has 2 heterocycles. The van der Waals surface area contributed by atoms with Gasteiger partial charge >= 0.3 is 0 Å². The van der Waals surface area contributed by atoms with Crippen molar-refractivity contribution in [3.05, 3.63) is 16.6 Å². The second kappa shape index (κ2) is 3.32. The lowest BCUT2D eigenvalue weighted by molar-refractivity contribution is 0.460. The van der Waals surface area contributed by atoms with Crippen LogP contribution in [0.25, 0.3) is 0 Å². The summed E-state index contributed by atoms with van der Waals surface area (Å²) < 4.78 is 0. The fraction of sp³-hybridized carbons (Fsp3) is 0.625. The molecule has 0 saturated carbocycles. The van der Waals surface area contributed by atoms with E-state index in [2.05, 4.69) is 15.7 Å². The summed E-state index contributed by atoms with van der Waals surface area (Å²) >= 11 is 1.78. The van der Waals surface area contributed by atoms with Gasteiger partial charge in [-0.2, -0.15) is 0 Å². The molecule has 11 heavy (non-hydrogen) atoms. The van der Waals surface area contributed by atoms with Crippen LogP contribution in [0.3, 0.4) is 0 Å². The topological polar surface area (TPSA) is 24.9 Å². The number of thiazole rings is 1. The van der Waals surface area contributed by atoms with Crippen LogP contribution in [0.2, 0.25) is 0 Å². The Kier molecular flexibility index (Phi) is 2.19. The molecule has 0 bridgehead atoms. The van der Waals surface area contributed by atoms with E-state index >= 15 is 0 Å². The van der Waals surface area contributed by atoms with Gasteiger partial charge in [0.1, 0.15) is 0 Å². The summed E-state index contributed by atoms with van der Waals surface area (Å²) in [5, 5.41) is 6.75. The monoisotopic (exact) mass is 168 g/mol. The minimum atomic E-state index is 0.684. The minimum Gasteiger partial charge on any atom is -0.316 e. The highest BCUT2D eigenvalue weighted by Gasteiger charge is 2.16. The maximum absolute atomic E-state index is 4.32. The third-order valence-corrected chi connectivity index (χ3v) is 3.04. The average molecular weight is 168 g/mol. The number of nitrogens with one attached hydrogen (secondary N) is 1. The van der Waals surface area contributed by atoms with E-state index in [0.29, 0.717) is 5.92 Å². The Labute approximate surface area is 70.7 Å². The molecule has 1 fully saturated rings. The maximum Gasteiger partial charge on any atom is 0.0968 e. The van der Waals surface area contributed by atoms with E-state index in [4.69, 9.17) is 0 Å². The maximum atomic E-state index is 4.32. The summed E-state index contributed by atoms with van der Waals surface area (Å²) in [5.41, 5.74) is 0. The molecule has 0 aromatic carbocycles. The van der Waals surface area contributed by atoms with Gasteiger partial charge in [0.15, 0.2) is 0 Å². The smallest absolute Gasteiger partial charge is 0.0968 e. The third-order valence-electron chi connectivity index (χ3n) is 2.10. The van der Waals surface area contributed by atoms with E-state index in [1.54, 1.807) is 11.3 Å². The zero-order chi connectivity index (χ0) is 7.52. The zero-order valence-electron chi connectivity index (χ0n) is 6.42. The number of aromatic nitrogens is 1. The van der Waals surface area contributed by atoms with Crippen LogP contribution in [0.5, 0.6) is 0 Å². The number of piperidine rings is 1. The van der Waals surface area contributed by atoms with Crippen molar-refractivity contribution < 1.29 is 0 Å². The summed E-state index contributed by atoms with van der Waals surface area (Å²) in [6.07, 6.45) is 4.50. The van der Waals surface area contributed by atoms with Crippen LogP contribution >= 0.6 is 11.3 Å². The summed E-state index contributed by atoms with van der Waals surface area (Å²) in [6, 6.07) is 0. The largest absolute Gasteiger partial charge is 0.316 e. The molecule has 1 N–H and O–H groups in total. The molecule has 1 atom stereocenters. The fourth-order valence-corrected chi connectivity index (χ4v) is 2.28. The van der Waals surface area contributed by atoms with Crippen molar-refractivity contribution in [3.8, 4) is 0 Å². The van der Waals surface area contributed by atoms with Crippen LogP contribution in [-0.2, 0) is 0 Å². The predicted molar refractivity (Wildman–Crippen MR) is 47.0 cm³/mol. The molecule has 1 aromatic rings. The molecule has 0 aliphatic carbocycles. The summed E-state index contributed by atoms with van der Waals surface area (Å²) in [4.78, 5) is 4.32. The third kappa shape index (κ3) is 1.60. The van der Waals surface area contributed by atoms with Crippen LogP contribution in [-0.4, -0.2) is 18.1 Å². The Morgan fingerprint density at radius 1 is 1.64 bits per heavy atom. The van der Waals surface area contributed by atoms with Crippen molar-refractivity contribution in [1.82, 2.24) is 10.3 Å². The molecule has 2 nitrogen and oxygen atoms in total. The van der Waals surface area contributed by atoms with Crippen molar-refractivity contribution in [2.45, 2.75) is 18.8 Å². The second-order valence-electron chi connectivity index (χ2n) is 2.91. The number of nitrogens with zero attached hydrogens (tertiary/aromatic N) is 1. The van der Waals surface area contributed by atoms with Gasteiger partial charge in [-0.05, 0) is 19.4 Å². The van der Waals surface area contributed by atoms with Gasteiger partial charge < -0.3 is 5.32 Å². The zero-order valence-corrected chi connectivity index (χ0v) is 7.23. The Morgan fingerprint density at radius 3 is 3.27 bits per heavy atom. The van der Waals surface area contributed by atoms with Gasteiger partial charge in [0.05, 0.1) is 5.01 Å². The number of hydrogen-bond donors (Lipinski definition) is 1. The Balaban J connectivity index is 2.04. The lowest BCUT2D eigenvalue weighted by Crippen LogP contribution is -2.28. The van der Waals surface area contributed by atoms with Crippen molar-refractivity contribution in [1.29, 1.82) is 0 Å². The van der Waals surface area contributed by atoms with Crippen molar-refractivity contribution in [2.75, 3.05) is 13.1 Å². The van der Waals surface area contributed by atoms with E-state index < -0.39 is 0 Å². The van der Waals surface area contributed by atoms with Gasteiger partial charge in [0.2, 0.25) is 0 Å². The molecule has 0 radical (unpaired) electrons. The lowest BCUT2D eigenvalue weighted by Gasteiger charge is -2.20. The first-order chi connectivity index (χ1) is 5.47. The first-order valence-electron chi connectivity index (χ1n) is 4.07. The van der Waals surface area contributed by atoms with Crippen molar-refractivity contribution >= 4 is 11.3 Å². The Bertz CT molecular complexity index is 202. The molecule has 0 spiro atoms. The van der Waals surface area contributed by atoms with Crippen molar-refractivity contribution in [3.63, 3.8) is 0 Å². The van der Waals surface area contributed by atoms with Gasteiger partial charge in [-0.15, -0.1) is 11.3 Å². The highest BCUT2D eigenvalue weighted by molar-refractivity contribution is 7.09.